The van der Waals surface area contributed by atoms with E-state index < -0.39 is 7.14 Å². The highest BCUT2D eigenvalue weighted by atomic mass is 31.2. The predicted molar refractivity (Wildman–Crippen MR) is 113 cm³/mol. The lowest BCUT2D eigenvalue weighted by Crippen LogP contribution is -2.22. The number of fused-ring (bicyclic) bond motifs is 1. The number of allylic oxidation sites excluding steroid dienone is 1. The van der Waals surface area contributed by atoms with Crippen LogP contribution in [0.1, 0.15) is 25.0 Å². The van der Waals surface area contributed by atoms with Crippen molar-refractivity contribution in [2.75, 3.05) is 0 Å². The molecule has 1 aliphatic heterocycles. The lowest BCUT2D eigenvalue weighted by atomic mass is 10.0. The Hall–Kier alpha value is -2.57. The molecule has 1 heterocycles. The molecule has 3 aromatic rings. The molecular formula is C24H23O2P. The number of hydrogen-bond donors (Lipinski definition) is 0. The van der Waals surface area contributed by atoms with Crippen molar-refractivity contribution < 1.29 is 9.30 Å². The van der Waals surface area contributed by atoms with Gasteiger partial charge in [-0.3, -0.25) is 0 Å². The first-order valence-corrected chi connectivity index (χ1v) is 11.0. The summed E-state index contributed by atoms with van der Waals surface area (Å²) in [6.07, 6.45) is 0. The zero-order chi connectivity index (χ0) is 18.9. The Labute approximate surface area is 160 Å². The van der Waals surface area contributed by atoms with E-state index in [4.69, 9.17) is 4.74 Å². The predicted octanol–water partition coefficient (Wildman–Crippen LogP) is 5.56. The summed E-state index contributed by atoms with van der Waals surface area (Å²) in [7, 11) is -3.09. The van der Waals surface area contributed by atoms with Crippen LogP contribution in [0.3, 0.4) is 0 Å². The van der Waals surface area contributed by atoms with Crippen LogP contribution in [-0.2, 0) is 15.9 Å². The van der Waals surface area contributed by atoms with E-state index in [-0.39, 0.29) is 5.92 Å². The Kier molecular flexibility index (Phi) is 4.76. The van der Waals surface area contributed by atoms with Crippen molar-refractivity contribution in [1.29, 1.82) is 0 Å². The van der Waals surface area contributed by atoms with Crippen molar-refractivity contribution in [3.8, 4) is 0 Å². The molecule has 0 atom stereocenters. The van der Waals surface area contributed by atoms with Gasteiger partial charge in [0.2, 0.25) is 0 Å². The molecule has 0 spiro atoms. The van der Waals surface area contributed by atoms with E-state index in [9.17, 15) is 4.57 Å². The molecule has 0 aliphatic carbocycles. The summed E-state index contributed by atoms with van der Waals surface area (Å²) in [5.41, 5.74) is 2.13. The summed E-state index contributed by atoms with van der Waals surface area (Å²) >= 11 is 0. The van der Waals surface area contributed by atoms with Crippen LogP contribution in [0.4, 0.5) is 0 Å². The summed E-state index contributed by atoms with van der Waals surface area (Å²) in [5.74, 6) is 0.985. The first kappa shape index (κ1) is 17.8. The molecule has 3 aromatic carbocycles. The van der Waals surface area contributed by atoms with Crippen LogP contribution in [0, 0.1) is 5.92 Å². The molecule has 0 fully saturated rings. The van der Waals surface area contributed by atoms with Crippen molar-refractivity contribution in [3.05, 3.63) is 102 Å². The van der Waals surface area contributed by atoms with Crippen molar-refractivity contribution in [2.24, 2.45) is 5.92 Å². The lowest BCUT2D eigenvalue weighted by molar-refractivity contribution is 0.170. The minimum Gasteiger partial charge on any atom is -0.492 e. The van der Waals surface area contributed by atoms with Crippen LogP contribution < -0.4 is 10.6 Å². The average molecular weight is 374 g/mol. The average Bonchev–Trinajstić information content (AvgIpc) is 2.73. The topological polar surface area (TPSA) is 26.3 Å². The van der Waals surface area contributed by atoms with Gasteiger partial charge in [-0.05, 0) is 11.1 Å². The van der Waals surface area contributed by atoms with Gasteiger partial charge in [-0.1, -0.05) is 98.8 Å². The number of hydrogen-bond acceptors (Lipinski definition) is 2. The molecule has 136 valence electrons. The van der Waals surface area contributed by atoms with E-state index in [1.54, 1.807) is 0 Å². The van der Waals surface area contributed by atoms with Gasteiger partial charge in [-0.2, -0.15) is 0 Å². The van der Waals surface area contributed by atoms with E-state index in [1.165, 1.54) is 0 Å². The highest BCUT2D eigenvalue weighted by molar-refractivity contribution is 7.87. The number of benzene rings is 3. The second-order valence-corrected chi connectivity index (χ2v) is 9.79. The highest BCUT2D eigenvalue weighted by Gasteiger charge is 2.39. The van der Waals surface area contributed by atoms with Gasteiger partial charge in [-0.25, -0.2) is 0 Å². The monoisotopic (exact) mass is 374 g/mol. The van der Waals surface area contributed by atoms with Crippen LogP contribution in [-0.4, -0.2) is 0 Å². The summed E-state index contributed by atoms with van der Waals surface area (Å²) in [6, 6.07) is 27.8. The van der Waals surface area contributed by atoms with E-state index in [1.807, 2.05) is 72.8 Å². The van der Waals surface area contributed by atoms with E-state index in [0.717, 1.165) is 32.8 Å². The zero-order valence-electron chi connectivity index (χ0n) is 15.6. The Morgan fingerprint density at radius 1 is 0.778 bits per heavy atom. The largest absolute Gasteiger partial charge is 0.492 e. The standard InChI is InChI=1S/C24H23O2P/c1-18(2)23-24(22-16-10-9-11-19(22)17-26-23)27(25,20-12-5-3-6-13-20)21-14-7-4-8-15-21/h3-16,18H,17H2,1-2H3. The van der Waals surface area contributed by atoms with Gasteiger partial charge in [0.1, 0.15) is 12.4 Å². The molecule has 0 radical (unpaired) electrons. The number of ether oxygens (including phenoxy) is 1. The molecule has 2 nitrogen and oxygen atoms in total. The first-order valence-electron chi connectivity index (χ1n) is 9.29. The second-order valence-electron chi connectivity index (χ2n) is 7.09. The van der Waals surface area contributed by atoms with Gasteiger partial charge < -0.3 is 9.30 Å². The summed E-state index contributed by atoms with van der Waals surface area (Å²) in [5, 5.41) is 2.52. The Balaban J connectivity index is 2.09. The fourth-order valence-corrected chi connectivity index (χ4v) is 6.87. The molecule has 0 saturated heterocycles. The van der Waals surface area contributed by atoms with E-state index in [2.05, 4.69) is 26.0 Å². The normalized spacial score (nSPS) is 14.0. The van der Waals surface area contributed by atoms with Crippen LogP contribution in [0.25, 0.3) is 5.31 Å². The van der Waals surface area contributed by atoms with Crippen molar-refractivity contribution in [3.63, 3.8) is 0 Å². The first-order chi connectivity index (χ1) is 13.1. The van der Waals surface area contributed by atoms with Crippen molar-refractivity contribution >= 4 is 23.1 Å². The zero-order valence-corrected chi connectivity index (χ0v) is 16.5. The molecule has 4 rings (SSSR count). The van der Waals surface area contributed by atoms with Gasteiger partial charge in [-0.15, -0.1) is 0 Å². The Morgan fingerprint density at radius 3 is 1.85 bits per heavy atom. The molecule has 3 heteroatoms. The molecule has 0 N–H and O–H groups in total. The molecule has 1 aliphatic rings. The van der Waals surface area contributed by atoms with Gasteiger partial charge in [0, 0.05) is 16.5 Å². The quantitative estimate of drug-likeness (QED) is 0.559. The van der Waals surface area contributed by atoms with E-state index in [0.29, 0.717) is 6.61 Å². The molecule has 0 unspecified atom stereocenters. The van der Waals surface area contributed by atoms with Crippen LogP contribution in [0.15, 0.2) is 90.7 Å². The highest BCUT2D eigenvalue weighted by Crippen LogP contribution is 2.60. The lowest BCUT2D eigenvalue weighted by Gasteiger charge is -2.32. The van der Waals surface area contributed by atoms with Gasteiger partial charge in [0.05, 0.1) is 5.31 Å². The van der Waals surface area contributed by atoms with Gasteiger partial charge >= 0.3 is 0 Å². The third-order valence-corrected chi connectivity index (χ3v) is 8.11. The SMILES string of the molecule is CC(C)C1=C(P(=O)(c2ccccc2)c2ccccc2)c2ccccc2CO1. The molecular weight excluding hydrogens is 351 g/mol. The second kappa shape index (κ2) is 7.21. The van der Waals surface area contributed by atoms with Crippen molar-refractivity contribution in [2.45, 2.75) is 20.5 Å². The van der Waals surface area contributed by atoms with Gasteiger partial charge in [0.15, 0.2) is 7.14 Å². The Bertz CT molecular complexity index is 977. The fourth-order valence-electron chi connectivity index (χ4n) is 3.68. The summed E-state index contributed by atoms with van der Waals surface area (Å²) < 4.78 is 21.1. The smallest absolute Gasteiger partial charge is 0.174 e. The third-order valence-electron chi connectivity index (χ3n) is 4.97. The molecule has 0 bridgehead atoms. The number of rotatable bonds is 4. The molecule has 0 amide bonds. The van der Waals surface area contributed by atoms with Gasteiger partial charge in [0.25, 0.3) is 0 Å². The molecule has 27 heavy (non-hydrogen) atoms. The third kappa shape index (κ3) is 3.05. The summed E-state index contributed by atoms with van der Waals surface area (Å²) in [6.45, 7) is 4.73. The minimum atomic E-state index is -3.09. The maximum Gasteiger partial charge on any atom is 0.174 e. The maximum absolute atomic E-state index is 14.9. The summed E-state index contributed by atoms with van der Waals surface area (Å²) in [4.78, 5) is 0. The fraction of sp³-hybridized carbons (Fsp3) is 0.167. The maximum atomic E-state index is 14.9. The van der Waals surface area contributed by atoms with Crippen LogP contribution in [0.2, 0.25) is 0 Å². The van der Waals surface area contributed by atoms with Crippen LogP contribution >= 0.6 is 7.14 Å². The minimum absolute atomic E-state index is 0.147. The van der Waals surface area contributed by atoms with E-state index >= 15 is 0 Å². The van der Waals surface area contributed by atoms with Crippen molar-refractivity contribution in [1.82, 2.24) is 0 Å². The molecule has 0 saturated carbocycles. The Morgan fingerprint density at radius 2 is 1.30 bits per heavy atom. The van der Waals surface area contributed by atoms with Crippen LogP contribution in [0.5, 0.6) is 0 Å². The molecule has 0 aromatic heterocycles.